The van der Waals surface area contributed by atoms with Gasteiger partial charge in [-0.05, 0) is 13.0 Å². The lowest BCUT2D eigenvalue weighted by molar-refractivity contribution is 0.501. The Kier molecular flexibility index (Phi) is 8.31. The van der Waals surface area contributed by atoms with Crippen LogP contribution in [0.3, 0.4) is 0 Å². The molecule has 0 spiro atoms. The summed E-state index contributed by atoms with van der Waals surface area (Å²) in [7, 11) is -0.137. The van der Waals surface area contributed by atoms with Crippen molar-refractivity contribution in [2.24, 2.45) is 5.73 Å². The van der Waals surface area contributed by atoms with Gasteiger partial charge in [-0.15, -0.1) is 0 Å². The summed E-state index contributed by atoms with van der Waals surface area (Å²) in [6.07, 6.45) is 1.10. The van der Waals surface area contributed by atoms with Crippen LogP contribution in [-0.4, -0.2) is 19.5 Å². The molecule has 0 heterocycles. The summed E-state index contributed by atoms with van der Waals surface area (Å²) in [5.74, 6) is 0. The van der Waals surface area contributed by atoms with Gasteiger partial charge in [-0.3, -0.25) is 4.55 Å². The van der Waals surface area contributed by atoms with Crippen LogP contribution in [0.4, 0.5) is 0 Å². The van der Waals surface area contributed by atoms with Crippen LogP contribution in [0, 0.1) is 0 Å². The SMILES string of the molecule is CCCN.O=S(=O)(O)Cl. The molecule has 0 aromatic rings. The molecule has 0 unspecified atom stereocenters. The van der Waals surface area contributed by atoms with E-state index in [-0.39, 0.29) is 0 Å². The first-order valence-corrected chi connectivity index (χ1v) is 4.55. The van der Waals surface area contributed by atoms with Crippen LogP contribution in [0.1, 0.15) is 13.3 Å². The molecule has 4 nitrogen and oxygen atoms in total. The van der Waals surface area contributed by atoms with Gasteiger partial charge in [0.15, 0.2) is 0 Å². The minimum absolute atomic E-state index is 0.819. The van der Waals surface area contributed by atoms with Crippen LogP contribution >= 0.6 is 10.7 Å². The molecule has 0 aliphatic rings. The Bertz CT molecular complexity index is 122. The van der Waals surface area contributed by atoms with Crippen molar-refractivity contribution < 1.29 is 13.0 Å². The van der Waals surface area contributed by atoms with E-state index in [2.05, 4.69) is 17.6 Å². The summed E-state index contributed by atoms with van der Waals surface area (Å²) in [5, 5.41) is 0. The molecule has 6 heteroatoms. The summed E-state index contributed by atoms with van der Waals surface area (Å²) in [6, 6.07) is 0. The Labute approximate surface area is 59.3 Å². The highest BCUT2D eigenvalue weighted by molar-refractivity contribution is 8.09. The van der Waals surface area contributed by atoms with Crippen LogP contribution in [0.25, 0.3) is 0 Å². The van der Waals surface area contributed by atoms with E-state index in [1.807, 2.05) is 0 Å². The van der Waals surface area contributed by atoms with Crippen LogP contribution in [-0.2, 0) is 9.33 Å². The monoisotopic (exact) mass is 175 g/mol. The lowest BCUT2D eigenvalue weighted by atomic mass is 10.5. The van der Waals surface area contributed by atoms with E-state index >= 15 is 0 Å². The van der Waals surface area contributed by atoms with Gasteiger partial charge in [0.2, 0.25) is 0 Å². The topological polar surface area (TPSA) is 80.4 Å². The first-order chi connectivity index (χ1) is 3.91. The Morgan fingerprint density at radius 1 is 1.67 bits per heavy atom. The van der Waals surface area contributed by atoms with Crippen molar-refractivity contribution in [3.8, 4) is 0 Å². The fraction of sp³-hybridized carbons (Fsp3) is 1.00. The Hall–Kier alpha value is 0.160. The first-order valence-electron chi connectivity index (χ1n) is 2.29. The molecule has 0 aromatic heterocycles. The highest BCUT2D eigenvalue weighted by Crippen LogP contribution is 1.82. The average molecular weight is 176 g/mol. The van der Waals surface area contributed by atoms with E-state index < -0.39 is 9.33 Å². The van der Waals surface area contributed by atoms with Crippen LogP contribution in [0.2, 0.25) is 0 Å². The number of hydrogen-bond acceptors (Lipinski definition) is 3. The number of halogens is 1. The second kappa shape index (κ2) is 6.28. The smallest absolute Gasteiger partial charge is 0.330 e. The molecule has 0 rings (SSSR count). The zero-order valence-corrected chi connectivity index (χ0v) is 6.61. The van der Waals surface area contributed by atoms with Crippen molar-refractivity contribution in [1.29, 1.82) is 0 Å². The molecule has 0 saturated heterocycles. The lowest BCUT2D eigenvalue weighted by Crippen LogP contribution is -1.93. The summed E-state index contributed by atoms with van der Waals surface area (Å²) < 4.78 is 25.2. The molecule has 0 fully saturated rings. The van der Waals surface area contributed by atoms with Gasteiger partial charge in [0.1, 0.15) is 0 Å². The third kappa shape index (κ3) is 230. The summed E-state index contributed by atoms with van der Waals surface area (Å²) in [4.78, 5) is 0. The first kappa shape index (κ1) is 11.9. The molecule has 0 bridgehead atoms. The predicted molar refractivity (Wildman–Crippen MR) is 36.7 cm³/mol. The maximum Gasteiger partial charge on any atom is 0.353 e. The van der Waals surface area contributed by atoms with E-state index in [0.29, 0.717) is 0 Å². The van der Waals surface area contributed by atoms with Crippen molar-refractivity contribution in [3.05, 3.63) is 0 Å². The third-order valence-electron chi connectivity index (χ3n) is 0.289. The van der Waals surface area contributed by atoms with Crippen molar-refractivity contribution in [2.45, 2.75) is 13.3 Å². The molecule has 0 saturated carbocycles. The third-order valence-corrected chi connectivity index (χ3v) is 0.289. The zero-order valence-electron chi connectivity index (χ0n) is 5.04. The van der Waals surface area contributed by atoms with Gasteiger partial charge in [-0.2, -0.15) is 8.42 Å². The fourth-order valence-electron chi connectivity index (χ4n) is 0. The predicted octanol–water partition coefficient (Wildman–Crippen LogP) is 0.383. The Morgan fingerprint density at radius 2 is 1.78 bits per heavy atom. The zero-order chi connectivity index (χ0) is 7.91. The standard InChI is InChI=1S/C3H9N.ClHO3S/c1-2-3-4;1-5(2,3)4/h2-4H2,1H3;(H,2,3,4). The Balaban J connectivity index is 0. The van der Waals surface area contributed by atoms with Gasteiger partial charge in [-0.1, -0.05) is 6.92 Å². The molecule has 58 valence electrons. The normalized spacial score (nSPS) is 9.78. The maximum atomic E-state index is 8.95. The highest BCUT2D eigenvalue weighted by atomic mass is 35.7. The summed E-state index contributed by atoms with van der Waals surface area (Å²) >= 11 is 0. The minimum Gasteiger partial charge on any atom is -0.330 e. The number of hydrogen-bond donors (Lipinski definition) is 2. The van der Waals surface area contributed by atoms with Gasteiger partial charge in [-0.25, -0.2) is 0 Å². The Morgan fingerprint density at radius 3 is 1.78 bits per heavy atom. The van der Waals surface area contributed by atoms with Gasteiger partial charge in [0.05, 0.1) is 0 Å². The second-order valence-electron chi connectivity index (χ2n) is 1.20. The molecule has 0 atom stereocenters. The average Bonchev–Trinajstić information content (AvgIpc) is 1.61. The van der Waals surface area contributed by atoms with Crippen molar-refractivity contribution >= 4 is 20.0 Å². The lowest BCUT2D eigenvalue weighted by Gasteiger charge is -1.70. The van der Waals surface area contributed by atoms with Gasteiger partial charge < -0.3 is 5.73 Å². The molecule has 0 aliphatic heterocycles. The fourth-order valence-corrected chi connectivity index (χ4v) is 0. The number of rotatable bonds is 1. The molecule has 0 aliphatic carbocycles. The minimum atomic E-state index is -4.19. The van der Waals surface area contributed by atoms with Gasteiger partial charge in [0.25, 0.3) is 0 Å². The second-order valence-corrected chi connectivity index (χ2v) is 3.19. The summed E-state index contributed by atoms with van der Waals surface area (Å²) in [6.45, 7) is 2.88. The molecule has 9 heavy (non-hydrogen) atoms. The van der Waals surface area contributed by atoms with Crippen LogP contribution in [0.5, 0.6) is 0 Å². The van der Waals surface area contributed by atoms with Gasteiger partial charge >= 0.3 is 9.33 Å². The molecule has 0 aromatic carbocycles. The van der Waals surface area contributed by atoms with Crippen molar-refractivity contribution in [3.63, 3.8) is 0 Å². The molecular formula is C3H10ClNO3S. The molecule has 0 amide bonds. The maximum absolute atomic E-state index is 8.95. The van der Waals surface area contributed by atoms with E-state index in [1.54, 1.807) is 0 Å². The van der Waals surface area contributed by atoms with Crippen LogP contribution < -0.4 is 5.73 Å². The highest BCUT2D eigenvalue weighted by Gasteiger charge is 1.86. The largest absolute Gasteiger partial charge is 0.353 e. The van der Waals surface area contributed by atoms with Gasteiger partial charge in [0, 0.05) is 10.7 Å². The quantitative estimate of drug-likeness (QED) is 0.446. The van der Waals surface area contributed by atoms with E-state index in [0.717, 1.165) is 13.0 Å². The number of nitrogens with two attached hydrogens (primary N) is 1. The molecule has 3 N–H and O–H groups in total. The van der Waals surface area contributed by atoms with Crippen LogP contribution in [0.15, 0.2) is 0 Å². The van der Waals surface area contributed by atoms with E-state index in [1.165, 1.54) is 0 Å². The van der Waals surface area contributed by atoms with E-state index in [9.17, 15) is 0 Å². The van der Waals surface area contributed by atoms with Crippen molar-refractivity contribution in [1.82, 2.24) is 0 Å². The molecule has 0 radical (unpaired) electrons. The van der Waals surface area contributed by atoms with Crippen molar-refractivity contribution in [2.75, 3.05) is 6.54 Å². The summed E-state index contributed by atoms with van der Waals surface area (Å²) in [5.41, 5.74) is 5.03. The van der Waals surface area contributed by atoms with E-state index in [4.69, 9.17) is 18.7 Å². The molecular weight excluding hydrogens is 166 g/mol.